The average molecular weight is 284 g/mol. The summed E-state index contributed by atoms with van der Waals surface area (Å²) in [6, 6.07) is 11.0. The zero-order chi connectivity index (χ0) is 14.1. The molecule has 0 saturated carbocycles. The summed E-state index contributed by atoms with van der Waals surface area (Å²) < 4.78 is 0. The number of hydrogen-bond acceptors (Lipinski definition) is 3. The van der Waals surface area contributed by atoms with E-state index in [-0.39, 0.29) is 11.1 Å². The van der Waals surface area contributed by atoms with Crippen LogP contribution in [0.2, 0.25) is 0 Å². The summed E-state index contributed by atoms with van der Waals surface area (Å²) in [6.45, 7) is 1.96. The monoisotopic (exact) mass is 284 g/mol. The number of aryl methyl sites for hydroxylation is 1. The lowest BCUT2D eigenvalue weighted by atomic mass is 10.2. The van der Waals surface area contributed by atoms with Gasteiger partial charge < -0.3 is 4.98 Å². The van der Waals surface area contributed by atoms with Gasteiger partial charge in [-0.15, -0.1) is 0 Å². The highest BCUT2D eigenvalue weighted by Gasteiger charge is 2.36. The van der Waals surface area contributed by atoms with Crippen molar-refractivity contribution in [2.75, 3.05) is 4.90 Å². The van der Waals surface area contributed by atoms with Gasteiger partial charge in [0.2, 0.25) is 0 Å². The van der Waals surface area contributed by atoms with Crippen LogP contribution in [-0.2, 0) is 4.79 Å². The fourth-order valence-electron chi connectivity index (χ4n) is 1.96. The fraction of sp³-hybridized carbons (Fsp3) is 0.0667. The molecule has 0 spiro atoms. The summed E-state index contributed by atoms with van der Waals surface area (Å²) in [4.78, 5) is 29.0. The van der Waals surface area contributed by atoms with E-state index in [4.69, 9.17) is 0 Å². The molecule has 0 radical (unpaired) electrons. The van der Waals surface area contributed by atoms with Crippen LogP contribution in [-0.4, -0.2) is 16.1 Å². The molecule has 20 heavy (non-hydrogen) atoms. The van der Waals surface area contributed by atoms with E-state index in [1.807, 2.05) is 31.2 Å². The summed E-state index contributed by atoms with van der Waals surface area (Å²) in [5.41, 5.74) is 2.50. The first-order valence-electron chi connectivity index (χ1n) is 6.13. The zero-order valence-electron chi connectivity index (χ0n) is 10.8. The molecule has 0 bridgehead atoms. The lowest BCUT2D eigenvalue weighted by Gasteiger charge is -2.12. The highest BCUT2D eigenvalue weighted by Crippen LogP contribution is 2.35. The highest BCUT2D eigenvalue weighted by atomic mass is 32.2. The Balaban J connectivity index is 1.93. The molecule has 1 aromatic heterocycles. The maximum absolute atomic E-state index is 12.3. The van der Waals surface area contributed by atoms with Crippen LogP contribution in [0.4, 0.5) is 10.5 Å². The van der Waals surface area contributed by atoms with Crippen LogP contribution in [0.25, 0.3) is 6.08 Å². The normalized spacial score (nSPS) is 17.2. The molecule has 2 heterocycles. The van der Waals surface area contributed by atoms with E-state index < -0.39 is 0 Å². The third-order valence-corrected chi connectivity index (χ3v) is 3.86. The van der Waals surface area contributed by atoms with Gasteiger partial charge in [-0.1, -0.05) is 17.7 Å². The number of nitrogens with one attached hydrogen (secondary N) is 1. The van der Waals surface area contributed by atoms with E-state index >= 15 is 0 Å². The molecule has 1 N–H and O–H groups in total. The first kappa shape index (κ1) is 12.7. The molecule has 2 aromatic rings. The van der Waals surface area contributed by atoms with Crippen LogP contribution in [0.15, 0.2) is 47.5 Å². The average Bonchev–Trinajstić information content (AvgIpc) is 3.02. The molecule has 0 aliphatic carbocycles. The Kier molecular flexibility index (Phi) is 3.20. The molecule has 1 aliphatic heterocycles. The Morgan fingerprint density at radius 1 is 1.15 bits per heavy atom. The lowest BCUT2D eigenvalue weighted by Crippen LogP contribution is -2.27. The van der Waals surface area contributed by atoms with Crippen molar-refractivity contribution in [3.8, 4) is 0 Å². The highest BCUT2D eigenvalue weighted by molar-refractivity contribution is 8.19. The van der Waals surface area contributed by atoms with Gasteiger partial charge in [0.25, 0.3) is 11.1 Å². The van der Waals surface area contributed by atoms with Crippen molar-refractivity contribution in [2.45, 2.75) is 6.92 Å². The summed E-state index contributed by atoms with van der Waals surface area (Å²) in [5.74, 6) is -0.279. The van der Waals surface area contributed by atoms with Crippen molar-refractivity contribution in [1.29, 1.82) is 0 Å². The zero-order valence-corrected chi connectivity index (χ0v) is 11.6. The number of carbonyl (C=O) groups is 2. The van der Waals surface area contributed by atoms with Crippen LogP contribution < -0.4 is 4.90 Å². The van der Waals surface area contributed by atoms with Crippen LogP contribution in [0.3, 0.4) is 0 Å². The third kappa shape index (κ3) is 2.28. The number of nitrogens with zero attached hydrogens (tertiary/aromatic N) is 1. The summed E-state index contributed by atoms with van der Waals surface area (Å²) in [7, 11) is 0. The second-order valence-electron chi connectivity index (χ2n) is 4.48. The molecular formula is C15H12N2O2S. The van der Waals surface area contributed by atoms with Crippen LogP contribution in [0, 0.1) is 6.92 Å². The minimum absolute atomic E-state index is 0.267. The van der Waals surface area contributed by atoms with E-state index in [9.17, 15) is 9.59 Å². The van der Waals surface area contributed by atoms with Crippen LogP contribution >= 0.6 is 11.8 Å². The maximum atomic E-state index is 12.3. The number of amides is 2. The quantitative estimate of drug-likeness (QED) is 0.858. The Morgan fingerprint density at radius 2 is 1.90 bits per heavy atom. The molecule has 2 amide bonds. The van der Waals surface area contributed by atoms with E-state index in [0.717, 1.165) is 23.0 Å². The van der Waals surface area contributed by atoms with E-state index in [1.165, 1.54) is 4.90 Å². The van der Waals surface area contributed by atoms with Gasteiger partial charge in [-0.2, -0.15) is 0 Å². The summed E-state index contributed by atoms with van der Waals surface area (Å²) in [6.07, 6.45) is 3.47. The number of hydrogen-bond donors (Lipinski definition) is 1. The number of imide groups is 1. The minimum atomic E-state index is -0.279. The largest absolute Gasteiger partial charge is 0.362 e. The number of aromatic nitrogens is 1. The molecule has 0 atom stereocenters. The molecule has 3 rings (SSSR count). The number of benzene rings is 1. The molecule has 5 heteroatoms. The van der Waals surface area contributed by atoms with E-state index in [0.29, 0.717) is 10.6 Å². The van der Waals surface area contributed by atoms with Crippen molar-refractivity contribution in [2.24, 2.45) is 0 Å². The first-order valence-corrected chi connectivity index (χ1v) is 6.95. The molecule has 1 aromatic carbocycles. The molecular weight excluding hydrogens is 272 g/mol. The van der Waals surface area contributed by atoms with Gasteiger partial charge in [-0.3, -0.25) is 9.59 Å². The molecule has 100 valence electrons. The van der Waals surface area contributed by atoms with E-state index in [2.05, 4.69) is 4.98 Å². The Labute approximate surface area is 120 Å². The Hall–Kier alpha value is -2.27. The summed E-state index contributed by atoms with van der Waals surface area (Å²) in [5, 5.41) is -0.267. The van der Waals surface area contributed by atoms with Crippen LogP contribution in [0.5, 0.6) is 0 Å². The molecule has 1 aliphatic rings. The fourth-order valence-corrected chi connectivity index (χ4v) is 2.79. The Bertz CT molecular complexity index is 687. The van der Waals surface area contributed by atoms with Gasteiger partial charge in [-0.05, 0) is 49.0 Å². The van der Waals surface area contributed by atoms with Crippen molar-refractivity contribution in [1.82, 2.24) is 4.98 Å². The number of H-pyrrole nitrogens is 1. The molecule has 0 unspecified atom stereocenters. The van der Waals surface area contributed by atoms with Gasteiger partial charge in [-0.25, -0.2) is 4.90 Å². The predicted octanol–water partition coefficient (Wildman–Crippen LogP) is 3.56. The molecule has 1 saturated heterocycles. The Morgan fingerprint density at radius 3 is 2.55 bits per heavy atom. The third-order valence-electron chi connectivity index (χ3n) is 2.99. The standard InChI is InChI=1S/C15H12N2O2S/c1-10-4-6-12(7-5-10)17-14(18)13(20-15(17)19)9-11-3-2-8-16-11/h2-9,16H,1H3/b13-9+. The van der Waals surface area contributed by atoms with Crippen LogP contribution in [0.1, 0.15) is 11.3 Å². The summed E-state index contributed by atoms with van der Waals surface area (Å²) >= 11 is 0.958. The number of aromatic amines is 1. The van der Waals surface area contributed by atoms with Gasteiger partial charge in [0.1, 0.15) is 0 Å². The molecule has 1 fully saturated rings. The van der Waals surface area contributed by atoms with Crippen molar-refractivity contribution < 1.29 is 9.59 Å². The predicted molar refractivity (Wildman–Crippen MR) is 80.4 cm³/mol. The minimum Gasteiger partial charge on any atom is -0.362 e. The van der Waals surface area contributed by atoms with Gasteiger partial charge in [0.05, 0.1) is 10.6 Å². The second kappa shape index (κ2) is 5.02. The maximum Gasteiger partial charge on any atom is 0.298 e. The number of carbonyl (C=O) groups excluding carboxylic acids is 2. The van der Waals surface area contributed by atoms with Crippen molar-refractivity contribution in [3.05, 3.63) is 58.8 Å². The second-order valence-corrected chi connectivity index (χ2v) is 5.47. The SMILES string of the molecule is Cc1ccc(N2C(=O)S/C(=C/c3ccc[nH]3)C2=O)cc1. The number of rotatable bonds is 2. The van der Waals surface area contributed by atoms with Crippen molar-refractivity contribution >= 4 is 34.7 Å². The topological polar surface area (TPSA) is 53.2 Å². The molecule has 4 nitrogen and oxygen atoms in total. The lowest BCUT2D eigenvalue weighted by molar-refractivity contribution is -0.113. The van der Waals surface area contributed by atoms with E-state index in [1.54, 1.807) is 24.4 Å². The number of thioether (sulfide) groups is 1. The van der Waals surface area contributed by atoms with Gasteiger partial charge in [0, 0.05) is 11.9 Å². The van der Waals surface area contributed by atoms with Gasteiger partial charge in [0.15, 0.2) is 0 Å². The van der Waals surface area contributed by atoms with Crippen molar-refractivity contribution in [3.63, 3.8) is 0 Å². The smallest absolute Gasteiger partial charge is 0.298 e. The first-order chi connectivity index (χ1) is 9.65. The number of anilines is 1. The van der Waals surface area contributed by atoms with Gasteiger partial charge >= 0.3 is 0 Å².